The van der Waals surface area contributed by atoms with Gasteiger partial charge in [0, 0.05) is 13.7 Å². The number of thioether (sulfide) groups is 1. The van der Waals surface area contributed by atoms with Gasteiger partial charge in [-0.25, -0.2) is 0 Å². The zero-order chi connectivity index (χ0) is 18.4. The van der Waals surface area contributed by atoms with Gasteiger partial charge in [0.1, 0.15) is 18.2 Å². The van der Waals surface area contributed by atoms with E-state index in [-0.39, 0.29) is 23.8 Å². The molecule has 2 aromatic rings. The van der Waals surface area contributed by atoms with Crippen LogP contribution >= 0.6 is 11.8 Å². The predicted molar refractivity (Wildman–Crippen MR) is 94.7 cm³/mol. The molecule has 0 aliphatic carbocycles. The van der Waals surface area contributed by atoms with Crippen LogP contribution in [0.2, 0.25) is 0 Å². The van der Waals surface area contributed by atoms with Crippen LogP contribution in [0.3, 0.4) is 0 Å². The van der Waals surface area contributed by atoms with Crippen LogP contribution in [0.4, 0.5) is 0 Å². The summed E-state index contributed by atoms with van der Waals surface area (Å²) in [5, 5.41) is 20.3. The molecule has 26 heavy (non-hydrogen) atoms. The van der Waals surface area contributed by atoms with Crippen molar-refractivity contribution >= 4 is 17.7 Å². The molecule has 0 unspecified atom stereocenters. The first-order chi connectivity index (χ1) is 12.7. The number of aryl methyl sites for hydroxylation is 1. The van der Waals surface area contributed by atoms with Gasteiger partial charge in [0.05, 0.1) is 30.0 Å². The molecular weight excluding hydrogens is 354 g/mol. The van der Waals surface area contributed by atoms with E-state index >= 15 is 0 Å². The molecule has 1 aliphatic rings. The molecule has 1 aromatic heterocycles. The first-order valence-corrected chi connectivity index (χ1v) is 9.15. The van der Waals surface area contributed by atoms with Crippen LogP contribution < -0.4 is 10.1 Å². The second-order valence-electron chi connectivity index (χ2n) is 5.84. The molecule has 2 heterocycles. The van der Waals surface area contributed by atoms with Crippen LogP contribution in [-0.2, 0) is 16.6 Å². The molecule has 136 valence electrons. The molecule has 1 aromatic carbocycles. The van der Waals surface area contributed by atoms with Crippen molar-refractivity contribution in [3.8, 4) is 11.8 Å². The third-order valence-corrected chi connectivity index (χ3v) is 4.96. The third-order valence-electron chi connectivity index (χ3n) is 3.92. The minimum absolute atomic E-state index is 0.0849. The molecule has 9 heteroatoms. The second-order valence-corrected chi connectivity index (χ2v) is 6.79. The van der Waals surface area contributed by atoms with E-state index in [1.807, 2.05) is 7.05 Å². The van der Waals surface area contributed by atoms with E-state index in [1.165, 1.54) is 11.8 Å². The highest BCUT2D eigenvalue weighted by Crippen LogP contribution is 2.19. The van der Waals surface area contributed by atoms with E-state index in [1.54, 1.807) is 35.2 Å². The van der Waals surface area contributed by atoms with E-state index in [4.69, 9.17) is 14.7 Å². The number of hydrogen-bond acceptors (Lipinski definition) is 7. The van der Waals surface area contributed by atoms with Crippen LogP contribution in [0.1, 0.15) is 12.0 Å². The first-order valence-electron chi connectivity index (χ1n) is 8.16. The highest BCUT2D eigenvalue weighted by molar-refractivity contribution is 7.99. The number of aromatic nitrogens is 3. The second kappa shape index (κ2) is 8.69. The van der Waals surface area contributed by atoms with Crippen LogP contribution in [0, 0.1) is 11.3 Å². The van der Waals surface area contributed by atoms with E-state index in [0.717, 1.165) is 0 Å². The maximum atomic E-state index is 12.3. The number of nitrogens with zero attached hydrogens (tertiary/aromatic N) is 4. The van der Waals surface area contributed by atoms with Crippen LogP contribution in [0.15, 0.2) is 35.7 Å². The fourth-order valence-electron chi connectivity index (χ4n) is 2.56. The topological polar surface area (TPSA) is 102 Å². The molecule has 1 aliphatic heterocycles. The minimum atomic E-state index is -0.277. The van der Waals surface area contributed by atoms with Gasteiger partial charge < -0.3 is 19.4 Å². The summed E-state index contributed by atoms with van der Waals surface area (Å²) in [5.41, 5.74) is 0.572. The Labute approximate surface area is 155 Å². The van der Waals surface area contributed by atoms with Gasteiger partial charge in [0.15, 0.2) is 5.16 Å². The van der Waals surface area contributed by atoms with Crippen molar-refractivity contribution in [3.63, 3.8) is 0 Å². The summed E-state index contributed by atoms with van der Waals surface area (Å²) in [6, 6.07) is 8.83. The fraction of sp³-hybridized carbons (Fsp3) is 0.412. The van der Waals surface area contributed by atoms with Crippen LogP contribution in [0.5, 0.6) is 5.75 Å². The highest BCUT2D eigenvalue weighted by atomic mass is 32.2. The Morgan fingerprint density at radius 1 is 1.50 bits per heavy atom. The summed E-state index contributed by atoms with van der Waals surface area (Å²) in [5.74, 6) is 0.818. The summed E-state index contributed by atoms with van der Waals surface area (Å²) < 4.78 is 13.2. The largest absolute Gasteiger partial charge is 0.486 e. The monoisotopic (exact) mass is 373 g/mol. The summed E-state index contributed by atoms with van der Waals surface area (Å²) >= 11 is 1.33. The average Bonchev–Trinajstić information content (AvgIpc) is 3.07. The van der Waals surface area contributed by atoms with E-state index in [0.29, 0.717) is 36.1 Å². The first kappa shape index (κ1) is 18.2. The normalized spacial score (nSPS) is 19.5. The number of hydrogen-bond donors (Lipinski definition) is 1. The molecule has 0 radical (unpaired) electrons. The smallest absolute Gasteiger partial charge is 0.230 e. The lowest BCUT2D eigenvalue weighted by atomic mass is 10.1. The van der Waals surface area contributed by atoms with Crippen molar-refractivity contribution in [3.05, 3.63) is 36.2 Å². The maximum absolute atomic E-state index is 12.3. The number of rotatable bonds is 6. The third kappa shape index (κ3) is 4.74. The SMILES string of the molecule is Cn1cnnc1SCC(=O)N[C@@H]1CCOC[C@H]1Oc1ccc(C#N)cc1. The Morgan fingerprint density at radius 3 is 3.00 bits per heavy atom. The maximum Gasteiger partial charge on any atom is 0.230 e. The molecule has 0 saturated carbocycles. The van der Waals surface area contributed by atoms with Crippen LogP contribution in [0.25, 0.3) is 0 Å². The number of nitrogens with one attached hydrogen (secondary N) is 1. The highest BCUT2D eigenvalue weighted by Gasteiger charge is 2.29. The predicted octanol–water partition coefficient (Wildman–Crippen LogP) is 1.13. The quantitative estimate of drug-likeness (QED) is 0.757. The van der Waals surface area contributed by atoms with E-state index < -0.39 is 0 Å². The Bertz CT molecular complexity index is 786. The molecule has 0 bridgehead atoms. The Kier molecular flexibility index (Phi) is 6.09. The van der Waals surface area contributed by atoms with Crippen molar-refractivity contribution in [2.75, 3.05) is 19.0 Å². The molecular formula is C17H19N5O3S. The number of nitriles is 1. The Morgan fingerprint density at radius 2 is 2.31 bits per heavy atom. The van der Waals surface area contributed by atoms with Crippen molar-refractivity contribution < 1.29 is 14.3 Å². The number of carbonyl (C=O) groups is 1. The fourth-order valence-corrected chi connectivity index (χ4v) is 3.26. The van der Waals surface area contributed by atoms with Crippen molar-refractivity contribution in [2.45, 2.75) is 23.7 Å². The lowest BCUT2D eigenvalue weighted by molar-refractivity contribution is -0.121. The number of amides is 1. The molecule has 1 amide bonds. The van der Waals surface area contributed by atoms with Gasteiger partial charge in [-0.15, -0.1) is 10.2 Å². The number of ether oxygens (including phenoxy) is 2. The molecule has 0 spiro atoms. The number of benzene rings is 1. The standard InChI is InChI=1S/C17H19N5O3S/c1-22-11-19-21-17(22)26-10-16(23)20-14-6-7-24-9-15(14)25-13-4-2-12(8-18)3-5-13/h2-5,11,14-15H,6-7,9-10H2,1H3,(H,20,23)/t14-,15-/m1/s1. The van der Waals surface area contributed by atoms with Gasteiger partial charge in [-0.3, -0.25) is 4.79 Å². The molecule has 2 atom stereocenters. The summed E-state index contributed by atoms with van der Waals surface area (Å²) in [6.45, 7) is 0.982. The van der Waals surface area contributed by atoms with Gasteiger partial charge >= 0.3 is 0 Å². The lowest BCUT2D eigenvalue weighted by Crippen LogP contribution is -2.51. The van der Waals surface area contributed by atoms with Gasteiger partial charge in [-0.2, -0.15) is 5.26 Å². The van der Waals surface area contributed by atoms with Crippen molar-refractivity contribution in [2.24, 2.45) is 7.05 Å². The zero-order valence-corrected chi connectivity index (χ0v) is 15.1. The molecule has 8 nitrogen and oxygen atoms in total. The average molecular weight is 373 g/mol. The van der Waals surface area contributed by atoms with Crippen molar-refractivity contribution in [1.82, 2.24) is 20.1 Å². The summed E-state index contributed by atoms with van der Waals surface area (Å²) in [6.07, 6.45) is 2.00. The molecule has 1 saturated heterocycles. The zero-order valence-electron chi connectivity index (χ0n) is 14.3. The van der Waals surface area contributed by atoms with Gasteiger partial charge in [-0.05, 0) is 30.7 Å². The lowest BCUT2D eigenvalue weighted by Gasteiger charge is -2.32. The van der Waals surface area contributed by atoms with Gasteiger partial charge in [0.25, 0.3) is 0 Å². The molecule has 3 rings (SSSR count). The van der Waals surface area contributed by atoms with Crippen LogP contribution in [-0.4, -0.2) is 51.8 Å². The van der Waals surface area contributed by atoms with Gasteiger partial charge in [-0.1, -0.05) is 11.8 Å². The molecule has 1 fully saturated rings. The van der Waals surface area contributed by atoms with E-state index in [2.05, 4.69) is 21.6 Å². The Hall–Kier alpha value is -2.57. The molecule has 1 N–H and O–H groups in total. The van der Waals surface area contributed by atoms with E-state index in [9.17, 15) is 4.79 Å². The number of carbonyl (C=O) groups excluding carboxylic acids is 1. The van der Waals surface area contributed by atoms with Gasteiger partial charge in [0.2, 0.25) is 5.91 Å². The minimum Gasteiger partial charge on any atom is -0.486 e. The Balaban J connectivity index is 1.55. The summed E-state index contributed by atoms with van der Waals surface area (Å²) in [7, 11) is 1.83. The van der Waals surface area contributed by atoms with Crippen molar-refractivity contribution in [1.29, 1.82) is 5.26 Å². The summed E-state index contributed by atoms with van der Waals surface area (Å²) in [4.78, 5) is 12.3.